The highest BCUT2D eigenvalue weighted by atomic mass is 16.5. The van der Waals surface area contributed by atoms with Crippen molar-refractivity contribution in [2.75, 3.05) is 27.8 Å². The Balaban J connectivity index is 3.00. The van der Waals surface area contributed by atoms with Crippen LogP contribution in [-0.4, -0.2) is 38.8 Å². The summed E-state index contributed by atoms with van der Waals surface area (Å²) in [6, 6.07) is 6.72. The normalized spacial score (nSPS) is 14.2. The molecule has 0 amide bonds. The van der Waals surface area contributed by atoms with Crippen molar-refractivity contribution in [1.82, 2.24) is 4.90 Å². The molecule has 0 aliphatic carbocycles. The van der Waals surface area contributed by atoms with Crippen LogP contribution in [0.3, 0.4) is 0 Å². The Kier molecular flexibility index (Phi) is 6.82. The van der Waals surface area contributed by atoms with E-state index in [2.05, 4.69) is 31.9 Å². The molecule has 0 fully saturated rings. The van der Waals surface area contributed by atoms with E-state index in [0.717, 1.165) is 17.1 Å². The molecule has 0 bridgehead atoms. The molecule has 0 saturated heterocycles. The highest BCUT2D eigenvalue weighted by molar-refractivity contribution is 5.43. The lowest BCUT2D eigenvalue weighted by Crippen LogP contribution is -2.37. The molecule has 0 radical (unpaired) electrons. The SMILES string of the molecule is CCCC(C)N(C)C(CN)c1ccc(OC)c(OC)c1. The van der Waals surface area contributed by atoms with Crippen LogP contribution in [-0.2, 0) is 0 Å². The van der Waals surface area contributed by atoms with Gasteiger partial charge in [0.1, 0.15) is 0 Å². The molecule has 2 atom stereocenters. The van der Waals surface area contributed by atoms with Crippen LogP contribution in [0.4, 0.5) is 0 Å². The number of likely N-dealkylation sites (N-methyl/N-ethyl adjacent to an activating group) is 1. The van der Waals surface area contributed by atoms with E-state index < -0.39 is 0 Å². The van der Waals surface area contributed by atoms with Crippen LogP contribution in [0.1, 0.15) is 38.3 Å². The molecule has 0 aliphatic heterocycles. The first-order valence-corrected chi connectivity index (χ1v) is 7.22. The topological polar surface area (TPSA) is 47.7 Å². The second-order valence-corrected chi connectivity index (χ2v) is 5.17. The zero-order valence-electron chi connectivity index (χ0n) is 13.3. The van der Waals surface area contributed by atoms with E-state index in [9.17, 15) is 0 Å². The van der Waals surface area contributed by atoms with Gasteiger partial charge in [0.15, 0.2) is 11.5 Å². The first-order chi connectivity index (χ1) is 9.58. The van der Waals surface area contributed by atoms with Crippen LogP contribution in [0.15, 0.2) is 18.2 Å². The fourth-order valence-electron chi connectivity index (χ4n) is 2.53. The zero-order chi connectivity index (χ0) is 15.1. The Morgan fingerprint density at radius 2 is 1.85 bits per heavy atom. The van der Waals surface area contributed by atoms with E-state index in [0.29, 0.717) is 12.6 Å². The van der Waals surface area contributed by atoms with Crippen molar-refractivity contribution in [3.05, 3.63) is 23.8 Å². The molecule has 20 heavy (non-hydrogen) atoms. The van der Waals surface area contributed by atoms with Crippen molar-refractivity contribution in [3.63, 3.8) is 0 Å². The lowest BCUT2D eigenvalue weighted by Gasteiger charge is -2.33. The van der Waals surface area contributed by atoms with E-state index in [4.69, 9.17) is 15.2 Å². The maximum atomic E-state index is 5.99. The molecular weight excluding hydrogens is 252 g/mol. The van der Waals surface area contributed by atoms with Gasteiger partial charge in [0.05, 0.1) is 14.2 Å². The summed E-state index contributed by atoms with van der Waals surface area (Å²) in [7, 11) is 5.43. The molecule has 1 rings (SSSR count). The first-order valence-electron chi connectivity index (χ1n) is 7.22. The summed E-state index contributed by atoms with van der Waals surface area (Å²) in [5, 5.41) is 0. The fraction of sp³-hybridized carbons (Fsp3) is 0.625. The van der Waals surface area contributed by atoms with Crippen LogP contribution in [0.5, 0.6) is 11.5 Å². The molecular formula is C16H28N2O2. The van der Waals surface area contributed by atoms with E-state index in [1.165, 1.54) is 12.8 Å². The number of benzene rings is 1. The van der Waals surface area contributed by atoms with Gasteiger partial charge in [-0.15, -0.1) is 0 Å². The van der Waals surface area contributed by atoms with E-state index in [-0.39, 0.29) is 6.04 Å². The maximum absolute atomic E-state index is 5.99. The Morgan fingerprint density at radius 3 is 2.35 bits per heavy atom. The number of hydrogen-bond donors (Lipinski definition) is 1. The highest BCUT2D eigenvalue weighted by Crippen LogP contribution is 2.32. The van der Waals surface area contributed by atoms with Gasteiger partial charge in [-0.05, 0) is 38.1 Å². The Hall–Kier alpha value is -1.26. The van der Waals surface area contributed by atoms with Crippen LogP contribution in [0.25, 0.3) is 0 Å². The van der Waals surface area contributed by atoms with Gasteiger partial charge in [-0.1, -0.05) is 19.4 Å². The monoisotopic (exact) mass is 280 g/mol. The van der Waals surface area contributed by atoms with E-state index >= 15 is 0 Å². The van der Waals surface area contributed by atoms with Crippen molar-refractivity contribution >= 4 is 0 Å². The molecule has 4 heteroatoms. The van der Waals surface area contributed by atoms with Gasteiger partial charge in [0.25, 0.3) is 0 Å². The lowest BCUT2D eigenvalue weighted by molar-refractivity contribution is 0.179. The van der Waals surface area contributed by atoms with Gasteiger partial charge in [0, 0.05) is 18.6 Å². The van der Waals surface area contributed by atoms with E-state index in [1.807, 2.05) is 12.1 Å². The quantitative estimate of drug-likeness (QED) is 0.795. The number of methoxy groups -OCH3 is 2. The number of nitrogens with two attached hydrogens (primary N) is 1. The molecule has 1 aromatic carbocycles. The zero-order valence-corrected chi connectivity index (χ0v) is 13.3. The highest BCUT2D eigenvalue weighted by Gasteiger charge is 2.21. The summed E-state index contributed by atoms with van der Waals surface area (Å²) in [5.74, 6) is 1.50. The van der Waals surface area contributed by atoms with Gasteiger partial charge in [-0.2, -0.15) is 0 Å². The average Bonchev–Trinajstić information content (AvgIpc) is 2.47. The summed E-state index contributed by atoms with van der Waals surface area (Å²) in [4.78, 5) is 2.34. The third-order valence-corrected chi connectivity index (χ3v) is 3.91. The van der Waals surface area contributed by atoms with Crippen LogP contribution < -0.4 is 15.2 Å². The Morgan fingerprint density at radius 1 is 1.20 bits per heavy atom. The van der Waals surface area contributed by atoms with Crippen molar-refractivity contribution < 1.29 is 9.47 Å². The summed E-state index contributed by atoms with van der Waals surface area (Å²) in [6.07, 6.45) is 2.34. The summed E-state index contributed by atoms with van der Waals surface area (Å²) in [5.41, 5.74) is 7.15. The lowest BCUT2D eigenvalue weighted by atomic mass is 10.0. The van der Waals surface area contributed by atoms with Crippen molar-refractivity contribution in [3.8, 4) is 11.5 Å². The average molecular weight is 280 g/mol. The minimum Gasteiger partial charge on any atom is -0.493 e. The summed E-state index contributed by atoms with van der Waals surface area (Å²) >= 11 is 0. The first kappa shape index (κ1) is 16.8. The standard InChI is InChI=1S/C16H28N2O2/c1-6-7-12(2)18(3)14(11-17)13-8-9-15(19-4)16(10-13)20-5/h8-10,12,14H,6-7,11,17H2,1-5H3. The van der Waals surface area contributed by atoms with Crippen molar-refractivity contribution in [1.29, 1.82) is 0 Å². The number of rotatable bonds is 8. The van der Waals surface area contributed by atoms with Gasteiger partial charge in [-0.3, -0.25) is 4.90 Å². The molecule has 0 heterocycles. The maximum Gasteiger partial charge on any atom is 0.161 e. The third-order valence-electron chi connectivity index (χ3n) is 3.91. The minimum absolute atomic E-state index is 0.191. The van der Waals surface area contributed by atoms with Crippen LogP contribution in [0, 0.1) is 0 Å². The molecule has 0 saturated carbocycles. The minimum atomic E-state index is 0.191. The molecule has 1 aromatic rings. The number of ether oxygens (including phenoxy) is 2. The fourth-order valence-corrected chi connectivity index (χ4v) is 2.53. The molecule has 2 unspecified atom stereocenters. The van der Waals surface area contributed by atoms with Gasteiger partial charge in [-0.25, -0.2) is 0 Å². The molecule has 2 N–H and O–H groups in total. The van der Waals surface area contributed by atoms with Gasteiger partial charge >= 0.3 is 0 Å². The van der Waals surface area contributed by atoms with Gasteiger partial charge < -0.3 is 15.2 Å². The largest absolute Gasteiger partial charge is 0.493 e. The Labute approximate surface area is 122 Å². The molecule has 0 aliphatic rings. The second-order valence-electron chi connectivity index (χ2n) is 5.17. The molecule has 0 spiro atoms. The Bertz CT molecular complexity index is 409. The summed E-state index contributed by atoms with van der Waals surface area (Å²) < 4.78 is 10.7. The smallest absolute Gasteiger partial charge is 0.161 e. The third kappa shape index (κ3) is 3.87. The van der Waals surface area contributed by atoms with Crippen LogP contribution >= 0.6 is 0 Å². The number of hydrogen-bond acceptors (Lipinski definition) is 4. The summed E-state index contributed by atoms with van der Waals surface area (Å²) in [6.45, 7) is 5.03. The van der Waals surface area contributed by atoms with Crippen LogP contribution in [0.2, 0.25) is 0 Å². The second kappa shape index (κ2) is 8.12. The van der Waals surface area contributed by atoms with Crippen molar-refractivity contribution in [2.45, 2.75) is 38.8 Å². The van der Waals surface area contributed by atoms with Gasteiger partial charge in [0.2, 0.25) is 0 Å². The number of nitrogens with zero attached hydrogens (tertiary/aromatic N) is 1. The molecule has 4 nitrogen and oxygen atoms in total. The predicted molar refractivity (Wildman–Crippen MR) is 83.5 cm³/mol. The molecule has 114 valence electrons. The van der Waals surface area contributed by atoms with Crippen molar-refractivity contribution in [2.24, 2.45) is 5.73 Å². The van der Waals surface area contributed by atoms with E-state index in [1.54, 1.807) is 14.2 Å². The molecule has 0 aromatic heterocycles. The predicted octanol–water partition coefficient (Wildman–Crippen LogP) is 2.82.